The number of hydrogen-bond donors (Lipinski definition) is 0. The van der Waals surface area contributed by atoms with Crippen molar-refractivity contribution in [1.82, 2.24) is 14.1 Å². The molecule has 0 aliphatic rings. The van der Waals surface area contributed by atoms with Crippen LogP contribution in [0.25, 0.3) is 56.2 Å². The van der Waals surface area contributed by atoms with Crippen molar-refractivity contribution in [3.8, 4) is 45.1 Å². The normalized spacial score (nSPS) is 11.3. The molecule has 7 rings (SSSR count). The van der Waals surface area contributed by atoms with E-state index in [-0.39, 0.29) is 0 Å². The molecular formula is C39H33N3. The second-order valence-corrected chi connectivity index (χ2v) is 10.9. The Kier molecular flexibility index (Phi) is 6.77. The number of nitrogens with zero attached hydrogens (tertiary/aromatic N) is 3. The monoisotopic (exact) mass is 543 g/mol. The predicted octanol–water partition coefficient (Wildman–Crippen LogP) is 10.1. The van der Waals surface area contributed by atoms with Crippen LogP contribution in [0.4, 0.5) is 0 Å². The summed E-state index contributed by atoms with van der Waals surface area (Å²) in [4.78, 5) is 5.02. The number of aryl methyl sites for hydroxylation is 2. The summed E-state index contributed by atoms with van der Waals surface area (Å²) in [7, 11) is 0. The van der Waals surface area contributed by atoms with Crippen molar-refractivity contribution in [2.45, 2.75) is 26.7 Å². The summed E-state index contributed by atoms with van der Waals surface area (Å²) in [5, 5.41) is 0. The van der Waals surface area contributed by atoms with Gasteiger partial charge in [0, 0.05) is 22.6 Å². The average Bonchev–Trinajstić information content (AvgIpc) is 3.64. The van der Waals surface area contributed by atoms with E-state index in [0.29, 0.717) is 0 Å². The fourth-order valence-corrected chi connectivity index (χ4v) is 5.86. The zero-order valence-electron chi connectivity index (χ0n) is 24.0. The summed E-state index contributed by atoms with van der Waals surface area (Å²) < 4.78 is 4.66. The quantitative estimate of drug-likeness (QED) is 0.196. The Morgan fingerprint density at radius 2 is 1.12 bits per heavy atom. The molecule has 0 N–H and O–H groups in total. The van der Waals surface area contributed by atoms with E-state index in [0.717, 1.165) is 41.0 Å². The third-order valence-corrected chi connectivity index (χ3v) is 7.99. The maximum Gasteiger partial charge on any atom is 0.145 e. The van der Waals surface area contributed by atoms with Crippen molar-refractivity contribution >= 4 is 11.0 Å². The molecule has 42 heavy (non-hydrogen) atoms. The Labute approximate surface area is 247 Å². The summed E-state index contributed by atoms with van der Waals surface area (Å²) in [6.45, 7) is 4.38. The minimum Gasteiger partial charge on any atom is -0.314 e. The number of aromatic nitrogens is 3. The van der Waals surface area contributed by atoms with Gasteiger partial charge in [-0.2, -0.15) is 0 Å². The Hall–Kier alpha value is -5.15. The zero-order valence-corrected chi connectivity index (χ0v) is 24.0. The lowest BCUT2D eigenvalue weighted by molar-refractivity contribution is 0.846. The van der Waals surface area contributed by atoms with Crippen molar-refractivity contribution in [3.05, 3.63) is 151 Å². The maximum absolute atomic E-state index is 5.02. The fraction of sp³-hybridized carbons (Fsp3) is 0.103. The van der Waals surface area contributed by atoms with E-state index in [1.807, 2.05) is 12.1 Å². The molecular weight excluding hydrogens is 510 g/mol. The van der Waals surface area contributed by atoms with Crippen molar-refractivity contribution in [2.75, 3.05) is 0 Å². The SMILES string of the molecule is CCCc1ccc(-c2ccc(C)cc2)n1-c1ccc(-c2ccc(-c3nc4ccccc4n3-c3ccccc3)cc2)cc1. The van der Waals surface area contributed by atoms with Gasteiger partial charge in [0.15, 0.2) is 0 Å². The van der Waals surface area contributed by atoms with Crippen molar-refractivity contribution in [3.63, 3.8) is 0 Å². The topological polar surface area (TPSA) is 22.8 Å². The van der Waals surface area contributed by atoms with Crippen LogP contribution in [-0.4, -0.2) is 14.1 Å². The first-order valence-corrected chi connectivity index (χ1v) is 14.7. The highest BCUT2D eigenvalue weighted by Gasteiger charge is 2.15. The van der Waals surface area contributed by atoms with E-state index >= 15 is 0 Å². The molecule has 0 aliphatic heterocycles. The minimum atomic E-state index is 0.948. The average molecular weight is 544 g/mol. The molecule has 2 heterocycles. The number of hydrogen-bond acceptors (Lipinski definition) is 1. The zero-order chi connectivity index (χ0) is 28.5. The van der Waals surface area contributed by atoms with Gasteiger partial charge in [0.05, 0.1) is 16.7 Å². The van der Waals surface area contributed by atoms with Crippen molar-refractivity contribution in [2.24, 2.45) is 0 Å². The first-order valence-electron chi connectivity index (χ1n) is 14.7. The number of imidazole rings is 1. The summed E-state index contributed by atoms with van der Waals surface area (Å²) in [6, 6.07) is 49.9. The summed E-state index contributed by atoms with van der Waals surface area (Å²) >= 11 is 0. The molecule has 0 saturated heterocycles. The molecule has 204 valence electrons. The molecule has 3 heteroatoms. The molecule has 0 radical (unpaired) electrons. The molecule has 0 bridgehead atoms. The predicted molar refractivity (Wildman–Crippen MR) is 175 cm³/mol. The van der Waals surface area contributed by atoms with Crippen LogP contribution >= 0.6 is 0 Å². The van der Waals surface area contributed by atoms with E-state index in [4.69, 9.17) is 4.98 Å². The van der Waals surface area contributed by atoms with Gasteiger partial charge in [-0.05, 0) is 78.6 Å². The third-order valence-electron chi connectivity index (χ3n) is 7.99. The van der Waals surface area contributed by atoms with Gasteiger partial charge >= 0.3 is 0 Å². The van der Waals surface area contributed by atoms with Gasteiger partial charge in [-0.15, -0.1) is 0 Å². The Morgan fingerprint density at radius 3 is 1.83 bits per heavy atom. The van der Waals surface area contributed by atoms with Gasteiger partial charge in [0.2, 0.25) is 0 Å². The molecule has 3 nitrogen and oxygen atoms in total. The molecule has 7 aromatic rings. The van der Waals surface area contributed by atoms with Gasteiger partial charge in [-0.1, -0.05) is 110 Å². The van der Waals surface area contributed by atoms with Gasteiger partial charge < -0.3 is 4.57 Å². The number of rotatable bonds is 7. The highest BCUT2D eigenvalue weighted by atomic mass is 15.1. The molecule has 0 spiro atoms. The highest BCUT2D eigenvalue weighted by Crippen LogP contribution is 2.32. The lowest BCUT2D eigenvalue weighted by atomic mass is 10.0. The van der Waals surface area contributed by atoms with Gasteiger partial charge in [0.1, 0.15) is 5.82 Å². The second-order valence-electron chi connectivity index (χ2n) is 10.9. The molecule has 0 atom stereocenters. The van der Waals surface area contributed by atoms with Gasteiger partial charge in [-0.3, -0.25) is 4.57 Å². The number of fused-ring (bicyclic) bond motifs is 1. The first-order chi connectivity index (χ1) is 20.7. The van der Waals surface area contributed by atoms with Crippen LogP contribution in [0.3, 0.4) is 0 Å². The minimum absolute atomic E-state index is 0.948. The van der Waals surface area contributed by atoms with Gasteiger partial charge in [-0.25, -0.2) is 4.98 Å². The summed E-state index contributed by atoms with van der Waals surface area (Å²) in [5.41, 5.74) is 13.0. The van der Waals surface area contributed by atoms with Crippen LogP contribution in [0.2, 0.25) is 0 Å². The third kappa shape index (κ3) is 4.73. The largest absolute Gasteiger partial charge is 0.314 e. The van der Waals surface area contributed by atoms with E-state index < -0.39 is 0 Å². The molecule has 0 amide bonds. The number of para-hydroxylation sites is 3. The summed E-state index contributed by atoms with van der Waals surface area (Å²) in [5.74, 6) is 0.948. The summed E-state index contributed by atoms with van der Waals surface area (Å²) in [6.07, 6.45) is 2.16. The second kappa shape index (κ2) is 11.0. The van der Waals surface area contributed by atoms with Crippen LogP contribution in [0.1, 0.15) is 24.6 Å². The molecule has 0 unspecified atom stereocenters. The van der Waals surface area contributed by atoms with E-state index in [1.54, 1.807) is 0 Å². The Balaban J connectivity index is 1.22. The van der Waals surface area contributed by atoms with Crippen LogP contribution < -0.4 is 0 Å². The molecule has 2 aromatic heterocycles. The molecule has 0 saturated carbocycles. The lowest BCUT2D eigenvalue weighted by Gasteiger charge is -2.15. The number of benzene rings is 5. The van der Waals surface area contributed by atoms with Crippen molar-refractivity contribution < 1.29 is 0 Å². The maximum atomic E-state index is 5.02. The van der Waals surface area contributed by atoms with Crippen molar-refractivity contribution in [1.29, 1.82) is 0 Å². The lowest BCUT2D eigenvalue weighted by Crippen LogP contribution is -2.02. The van der Waals surface area contributed by atoms with Crippen LogP contribution in [0.15, 0.2) is 140 Å². The standard InChI is InChI=1S/C39H33N3/c1-3-9-33-26-27-37(31-16-14-28(2)15-17-31)41(33)35-24-22-30(23-25-35)29-18-20-32(21-19-29)39-40-36-12-7-8-13-38(36)42(39)34-10-5-4-6-11-34/h4-8,10-27H,3,9H2,1-2H3. The first kappa shape index (κ1) is 25.8. The van der Waals surface area contributed by atoms with Gasteiger partial charge in [0.25, 0.3) is 0 Å². The van der Waals surface area contributed by atoms with Crippen LogP contribution in [0, 0.1) is 6.92 Å². The highest BCUT2D eigenvalue weighted by molar-refractivity contribution is 5.83. The smallest absolute Gasteiger partial charge is 0.145 e. The molecule has 0 fully saturated rings. The van der Waals surface area contributed by atoms with E-state index in [1.165, 1.54) is 39.3 Å². The Morgan fingerprint density at radius 1 is 0.524 bits per heavy atom. The molecule has 5 aromatic carbocycles. The van der Waals surface area contributed by atoms with E-state index in [2.05, 4.69) is 150 Å². The Bertz CT molecular complexity index is 1960. The fourth-order valence-electron chi connectivity index (χ4n) is 5.86. The van der Waals surface area contributed by atoms with Crippen LogP contribution in [0.5, 0.6) is 0 Å². The van der Waals surface area contributed by atoms with Crippen LogP contribution in [-0.2, 0) is 6.42 Å². The van der Waals surface area contributed by atoms with E-state index in [9.17, 15) is 0 Å². The molecule has 0 aliphatic carbocycles.